The molecule has 75 valence electrons. The van der Waals surface area contributed by atoms with Gasteiger partial charge in [0.25, 0.3) is 0 Å². The van der Waals surface area contributed by atoms with Gasteiger partial charge in [-0.15, -0.1) is 0 Å². The van der Waals surface area contributed by atoms with Crippen LogP contribution in [0.3, 0.4) is 0 Å². The summed E-state index contributed by atoms with van der Waals surface area (Å²) in [6.07, 6.45) is 3.67. The van der Waals surface area contributed by atoms with Crippen molar-refractivity contribution in [2.24, 2.45) is 5.41 Å². The Bertz CT molecular complexity index is 285. The molecule has 1 aromatic carbocycles. The molecule has 0 atom stereocenters. The second-order valence-electron chi connectivity index (χ2n) is 4.99. The van der Waals surface area contributed by atoms with Crippen molar-refractivity contribution in [3.8, 4) is 0 Å². The van der Waals surface area contributed by atoms with Crippen molar-refractivity contribution in [3.05, 3.63) is 48.0 Å². The Kier molecular flexibility index (Phi) is 3.51. The fourth-order valence-corrected chi connectivity index (χ4v) is 1.54. The van der Waals surface area contributed by atoms with E-state index in [1.807, 2.05) is 0 Å². The van der Waals surface area contributed by atoms with Gasteiger partial charge in [0.15, 0.2) is 0 Å². The molecule has 0 saturated carbocycles. The van der Waals surface area contributed by atoms with E-state index in [0.29, 0.717) is 5.41 Å². The molecule has 0 aromatic heterocycles. The van der Waals surface area contributed by atoms with E-state index < -0.39 is 0 Å². The van der Waals surface area contributed by atoms with E-state index in [1.165, 1.54) is 11.1 Å². The molecule has 1 aromatic rings. The zero-order valence-electron chi connectivity index (χ0n) is 9.38. The fourth-order valence-electron chi connectivity index (χ4n) is 1.54. The lowest BCUT2D eigenvalue weighted by Gasteiger charge is -2.18. The van der Waals surface area contributed by atoms with E-state index in [2.05, 4.69) is 45.0 Å². The van der Waals surface area contributed by atoms with Gasteiger partial charge in [0.1, 0.15) is 0 Å². The first-order valence-electron chi connectivity index (χ1n) is 5.12. The van der Waals surface area contributed by atoms with Gasteiger partial charge in [0.05, 0.1) is 0 Å². The molecule has 0 aliphatic heterocycles. The minimum Gasteiger partial charge on any atom is -0.0801 e. The molecule has 1 radical (unpaired) electrons. The lowest BCUT2D eigenvalue weighted by molar-refractivity contribution is 0.411. The van der Waals surface area contributed by atoms with Crippen molar-refractivity contribution >= 4 is 0 Å². The first-order valence-corrected chi connectivity index (χ1v) is 5.12. The smallest absolute Gasteiger partial charge is 0.00943 e. The van der Waals surface area contributed by atoms with Gasteiger partial charge in [0.2, 0.25) is 0 Å². The molecule has 0 heterocycles. The van der Waals surface area contributed by atoms with E-state index in [9.17, 15) is 0 Å². The van der Waals surface area contributed by atoms with Gasteiger partial charge < -0.3 is 0 Å². The molecular weight excluding hydrogens is 168 g/mol. The van der Waals surface area contributed by atoms with E-state index in [4.69, 9.17) is 6.58 Å². The molecule has 0 aliphatic carbocycles. The van der Waals surface area contributed by atoms with Crippen LogP contribution in [-0.4, -0.2) is 0 Å². The number of benzene rings is 1. The predicted octanol–water partition coefficient (Wildman–Crippen LogP) is 3.81. The molecule has 0 unspecified atom stereocenters. The second kappa shape index (κ2) is 4.45. The normalized spacial score (nSPS) is 11.4. The molecule has 0 spiro atoms. The largest absolute Gasteiger partial charge is 0.0801 e. The summed E-state index contributed by atoms with van der Waals surface area (Å²) in [5.41, 5.74) is 3.05. The summed E-state index contributed by atoms with van der Waals surface area (Å²) in [5, 5.41) is 0. The van der Waals surface area contributed by atoms with Gasteiger partial charge in [-0.2, -0.15) is 0 Å². The third-order valence-corrected chi connectivity index (χ3v) is 2.11. The van der Waals surface area contributed by atoms with Crippen LogP contribution in [0.2, 0.25) is 0 Å². The highest BCUT2D eigenvalue weighted by atomic mass is 14.2. The van der Waals surface area contributed by atoms with Crippen molar-refractivity contribution in [1.82, 2.24) is 0 Å². The van der Waals surface area contributed by atoms with Gasteiger partial charge in [0, 0.05) is 0 Å². The van der Waals surface area contributed by atoms with Gasteiger partial charge in [-0.1, -0.05) is 57.7 Å². The molecular formula is C14H19. The maximum absolute atomic E-state index is 5.38. The lowest BCUT2D eigenvalue weighted by Crippen LogP contribution is -2.08. The van der Waals surface area contributed by atoms with Crippen LogP contribution >= 0.6 is 0 Å². The third kappa shape index (κ3) is 3.78. The molecule has 0 nitrogen and oxygen atoms in total. The van der Waals surface area contributed by atoms with Crippen molar-refractivity contribution in [3.63, 3.8) is 0 Å². The van der Waals surface area contributed by atoms with Crippen molar-refractivity contribution in [2.75, 3.05) is 0 Å². The molecule has 0 N–H and O–H groups in total. The summed E-state index contributed by atoms with van der Waals surface area (Å²) < 4.78 is 0. The Balaban J connectivity index is 2.68. The monoisotopic (exact) mass is 187 g/mol. The summed E-state index contributed by atoms with van der Waals surface area (Å²) in [4.78, 5) is 0. The summed E-state index contributed by atoms with van der Waals surface area (Å²) >= 11 is 0. The zero-order valence-corrected chi connectivity index (χ0v) is 9.38. The maximum atomic E-state index is 5.38. The summed E-state index contributed by atoms with van der Waals surface area (Å²) in [6, 6.07) is 8.71. The zero-order chi connectivity index (χ0) is 10.6. The number of allylic oxidation sites excluding steroid dienone is 1. The summed E-state index contributed by atoms with van der Waals surface area (Å²) in [5.74, 6) is 0. The molecule has 14 heavy (non-hydrogen) atoms. The molecule has 0 heteroatoms. The second-order valence-corrected chi connectivity index (χ2v) is 4.99. The Labute approximate surface area is 87.7 Å². The minimum absolute atomic E-state index is 0.363. The lowest BCUT2D eigenvalue weighted by atomic mass is 9.88. The molecule has 0 fully saturated rings. The van der Waals surface area contributed by atoms with Crippen LogP contribution in [0.15, 0.2) is 30.3 Å². The van der Waals surface area contributed by atoms with Gasteiger partial charge in [-0.25, -0.2) is 0 Å². The number of hydrogen-bond acceptors (Lipinski definition) is 0. The van der Waals surface area contributed by atoms with Crippen molar-refractivity contribution in [2.45, 2.75) is 33.6 Å². The van der Waals surface area contributed by atoms with E-state index >= 15 is 0 Å². The van der Waals surface area contributed by atoms with E-state index in [1.54, 1.807) is 6.08 Å². The van der Waals surface area contributed by atoms with Crippen LogP contribution in [-0.2, 0) is 12.8 Å². The van der Waals surface area contributed by atoms with Crippen LogP contribution < -0.4 is 0 Å². The first kappa shape index (κ1) is 11.0. The van der Waals surface area contributed by atoms with Crippen LogP contribution in [0, 0.1) is 12.0 Å². The Hall–Kier alpha value is -1.04. The molecule has 0 amide bonds. The molecule has 0 saturated heterocycles. The van der Waals surface area contributed by atoms with Gasteiger partial charge in [-0.05, 0) is 29.4 Å². The van der Waals surface area contributed by atoms with E-state index in [-0.39, 0.29) is 0 Å². The van der Waals surface area contributed by atoms with Gasteiger partial charge in [-0.3, -0.25) is 0 Å². The summed E-state index contributed by atoms with van der Waals surface area (Å²) in [6.45, 7) is 12.2. The molecule has 0 bridgehead atoms. The number of rotatable bonds is 3. The van der Waals surface area contributed by atoms with Crippen LogP contribution in [0.25, 0.3) is 0 Å². The Morgan fingerprint density at radius 3 is 2.00 bits per heavy atom. The average Bonchev–Trinajstić information content (AvgIpc) is 2.06. The van der Waals surface area contributed by atoms with Crippen LogP contribution in [0.4, 0.5) is 0 Å². The SMILES string of the molecule is [CH]=CCc1ccc(CC(C)(C)C)cc1. The average molecular weight is 187 g/mol. The standard InChI is InChI=1S/C14H19/c1-5-6-12-7-9-13(10-8-12)11-14(2,3)4/h1,5,7-10H,6,11H2,2-4H3. The van der Waals surface area contributed by atoms with Gasteiger partial charge >= 0.3 is 0 Å². The maximum Gasteiger partial charge on any atom is -0.00943 e. The van der Waals surface area contributed by atoms with Crippen molar-refractivity contribution < 1.29 is 0 Å². The highest BCUT2D eigenvalue weighted by molar-refractivity contribution is 5.24. The third-order valence-electron chi connectivity index (χ3n) is 2.11. The molecule has 0 aliphatic rings. The molecule has 1 rings (SSSR count). The van der Waals surface area contributed by atoms with Crippen LogP contribution in [0.5, 0.6) is 0 Å². The van der Waals surface area contributed by atoms with E-state index in [0.717, 1.165) is 12.8 Å². The summed E-state index contributed by atoms with van der Waals surface area (Å²) in [7, 11) is 0. The fraction of sp³-hybridized carbons (Fsp3) is 0.429. The van der Waals surface area contributed by atoms with Crippen molar-refractivity contribution in [1.29, 1.82) is 0 Å². The van der Waals surface area contributed by atoms with Crippen LogP contribution in [0.1, 0.15) is 31.9 Å². The highest BCUT2D eigenvalue weighted by Crippen LogP contribution is 2.20. The minimum atomic E-state index is 0.363. The quantitative estimate of drug-likeness (QED) is 0.675. The topological polar surface area (TPSA) is 0 Å². The Morgan fingerprint density at radius 2 is 1.57 bits per heavy atom. The first-order chi connectivity index (χ1) is 6.51. The Morgan fingerprint density at radius 1 is 1.07 bits per heavy atom. The number of hydrogen-bond donors (Lipinski definition) is 0. The highest BCUT2D eigenvalue weighted by Gasteiger charge is 2.10. The predicted molar refractivity (Wildman–Crippen MR) is 62.2 cm³/mol.